The molecule has 1 aliphatic rings. The van der Waals surface area contributed by atoms with Crippen LogP contribution in [-0.4, -0.2) is 45.2 Å². The molecular formula is C14H19BrN2O4S. The van der Waals surface area contributed by atoms with E-state index in [1.807, 2.05) is 18.2 Å². The number of nitrogens with zero attached hydrogens (tertiary/aromatic N) is 1. The maximum Gasteiger partial charge on any atom is 0.222 e. The predicted molar refractivity (Wildman–Crippen MR) is 87.1 cm³/mol. The van der Waals surface area contributed by atoms with E-state index >= 15 is 0 Å². The zero-order valence-electron chi connectivity index (χ0n) is 12.3. The van der Waals surface area contributed by atoms with Crippen molar-refractivity contribution in [2.45, 2.75) is 12.8 Å². The Labute approximate surface area is 138 Å². The molecule has 0 saturated carbocycles. The van der Waals surface area contributed by atoms with Gasteiger partial charge in [-0.3, -0.25) is 4.79 Å². The summed E-state index contributed by atoms with van der Waals surface area (Å²) in [5.74, 6) is 0.407. The third-order valence-electron chi connectivity index (χ3n) is 3.65. The molecule has 1 aromatic carbocycles. The fourth-order valence-electron chi connectivity index (χ4n) is 2.64. The topological polar surface area (TPSA) is 89.7 Å². The van der Waals surface area contributed by atoms with Crippen molar-refractivity contribution in [2.24, 2.45) is 11.1 Å². The molecule has 6 nitrogen and oxygen atoms in total. The quantitative estimate of drug-likeness (QED) is 0.788. The Balaban J connectivity index is 1.92. The first-order chi connectivity index (χ1) is 10.3. The molecule has 1 fully saturated rings. The summed E-state index contributed by atoms with van der Waals surface area (Å²) < 4.78 is 28.3. The van der Waals surface area contributed by atoms with Gasteiger partial charge in [-0.1, -0.05) is 6.07 Å². The number of methoxy groups -OCH3 is 1. The van der Waals surface area contributed by atoms with Crippen molar-refractivity contribution >= 4 is 31.9 Å². The van der Waals surface area contributed by atoms with E-state index in [1.165, 1.54) is 0 Å². The predicted octanol–water partition coefficient (Wildman–Crippen LogP) is 1.14. The number of likely N-dealkylation sites (tertiary alicyclic amines) is 1. The highest BCUT2D eigenvalue weighted by Crippen LogP contribution is 2.26. The van der Waals surface area contributed by atoms with Crippen LogP contribution in [0.2, 0.25) is 0 Å². The fourth-order valence-corrected chi connectivity index (χ4v) is 4.11. The largest absolute Gasteiger partial charge is 0.496 e. The molecule has 1 aliphatic heterocycles. The Morgan fingerprint density at radius 3 is 2.77 bits per heavy atom. The van der Waals surface area contributed by atoms with Crippen LogP contribution in [0.15, 0.2) is 22.7 Å². The summed E-state index contributed by atoms with van der Waals surface area (Å²) >= 11 is 3.43. The van der Waals surface area contributed by atoms with Crippen LogP contribution < -0.4 is 9.88 Å². The van der Waals surface area contributed by atoms with Gasteiger partial charge in [-0.05, 0) is 40.0 Å². The second-order valence-electron chi connectivity index (χ2n) is 5.46. The zero-order chi connectivity index (χ0) is 16.3. The van der Waals surface area contributed by atoms with Gasteiger partial charge in [-0.2, -0.15) is 0 Å². The van der Waals surface area contributed by atoms with Gasteiger partial charge in [0.15, 0.2) is 0 Å². The van der Waals surface area contributed by atoms with Crippen molar-refractivity contribution in [3.63, 3.8) is 0 Å². The van der Waals surface area contributed by atoms with Crippen LogP contribution in [0.4, 0.5) is 0 Å². The molecule has 0 aliphatic carbocycles. The molecule has 1 saturated heterocycles. The monoisotopic (exact) mass is 390 g/mol. The molecule has 22 heavy (non-hydrogen) atoms. The normalized spacial score (nSPS) is 18.8. The van der Waals surface area contributed by atoms with Crippen molar-refractivity contribution in [1.29, 1.82) is 0 Å². The van der Waals surface area contributed by atoms with Crippen molar-refractivity contribution < 1.29 is 17.9 Å². The highest BCUT2D eigenvalue weighted by molar-refractivity contribution is 9.10. The molecule has 1 heterocycles. The van der Waals surface area contributed by atoms with Gasteiger partial charge in [-0.25, -0.2) is 13.6 Å². The number of hydrogen-bond acceptors (Lipinski definition) is 4. The molecule has 0 radical (unpaired) electrons. The summed E-state index contributed by atoms with van der Waals surface area (Å²) in [5.41, 5.74) is 1.08. The van der Waals surface area contributed by atoms with Gasteiger partial charge in [0.1, 0.15) is 5.75 Å². The SMILES string of the molecule is COc1ccc(CCN2CC(CS(N)(=O)=O)CC2=O)cc1Br. The lowest BCUT2D eigenvalue weighted by atomic mass is 10.1. The highest BCUT2D eigenvalue weighted by Gasteiger charge is 2.31. The Hall–Kier alpha value is -1.12. The van der Waals surface area contributed by atoms with Crippen LogP contribution in [0, 0.1) is 5.92 Å². The van der Waals surface area contributed by atoms with E-state index in [2.05, 4.69) is 15.9 Å². The second kappa shape index (κ2) is 6.97. The number of carbonyl (C=O) groups is 1. The van der Waals surface area contributed by atoms with Crippen LogP contribution in [0.3, 0.4) is 0 Å². The van der Waals surface area contributed by atoms with E-state index in [1.54, 1.807) is 12.0 Å². The van der Waals surface area contributed by atoms with Crippen molar-refractivity contribution in [1.82, 2.24) is 4.90 Å². The van der Waals surface area contributed by atoms with Crippen LogP contribution in [0.1, 0.15) is 12.0 Å². The molecule has 1 unspecified atom stereocenters. The molecule has 0 aromatic heterocycles. The lowest BCUT2D eigenvalue weighted by Gasteiger charge is -2.16. The molecule has 1 amide bonds. The number of primary sulfonamides is 1. The molecule has 0 spiro atoms. The van der Waals surface area contributed by atoms with E-state index in [9.17, 15) is 13.2 Å². The fraction of sp³-hybridized carbons (Fsp3) is 0.500. The second-order valence-corrected chi connectivity index (χ2v) is 7.97. The van der Waals surface area contributed by atoms with E-state index in [0.717, 1.165) is 15.8 Å². The molecule has 1 atom stereocenters. The van der Waals surface area contributed by atoms with Crippen LogP contribution in [0.25, 0.3) is 0 Å². The Kier molecular flexibility index (Phi) is 5.46. The summed E-state index contributed by atoms with van der Waals surface area (Å²) in [5, 5.41) is 5.04. The molecular weight excluding hydrogens is 372 g/mol. The summed E-state index contributed by atoms with van der Waals surface area (Å²) in [6.07, 6.45) is 0.958. The number of halogens is 1. The minimum atomic E-state index is -3.53. The van der Waals surface area contributed by atoms with E-state index < -0.39 is 10.0 Å². The maximum absolute atomic E-state index is 11.9. The number of carbonyl (C=O) groups excluding carboxylic acids is 1. The number of sulfonamides is 1. The van der Waals surface area contributed by atoms with Gasteiger partial charge >= 0.3 is 0 Å². The van der Waals surface area contributed by atoms with Gasteiger partial charge < -0.3 is 9.64 Å². The maximum atomic E-state index is 11.9. The summed E-state index contributed by atoms with van der Waals surface area (Å²) in [4.78, 5) is 13.6. The average Bonchev–Trinajstić information content (AvgIpc) is 2.74. The number of hydrogen-bond donors (Lipinski definition) is 1. The van der Waals surface area contributed by atoms with Gasteiger partial charge in [-0.15, -0.1) is 0 Å². The number of rotatable bonds is 6. The lowest BCUT2D eigenvalue weighted by molar-refractivity contribution is -0.127. The number of benzene rings is 1. The number of ether oxygens (including phenoxy) is 1. The minimum absolute atomic E-state index is 0.0128. The molecule has 8 heteroatoms. The Morgan fingerprint density at radius 1 is 1.45 bits per heavy atom. The number of amides is 1. The Morgan fingerprint density at radius 2 is 2.18 bits per heavy atom. The first-order valence-electron chi connectivity index (χ1n) is 6.89. The van der Waals surface area contributed by atoms with Crippen LogP contribution >= 0.6 is 15.9 Å². The van der Waals surface area contributed by atoms with Crippen molar-refractivity contribution in [3.8, 4) is 5.75 Å². The summed E-state index contributed by atoms with van der Waals surface area (Å²) in [7, 11) is -1.93. The zero-order valence-corrected chi connectivity index (χ0v) is 14.7. The molecule has 2 rings (SSSR count). The molecule has 1 aromatic rings. The van der Waals surface area contributed by atoms with Gasteiger partial charge in [0.25, 0.3) is 0 Å². The third-order valence-corrected chi connectivity index (χ3v) is 5.20. The molecule has 0 bridgehead atoms. The van der Waals surface area contributed by atoms with E-state index in [-0.39, 0.29) is 24.0 Å². The third kappa shape index (κ3) is 4.69. The van der Waals surface area contributed by atoms with Gasteiger partial charge in [0.2, 0.25) is 15.9 Å². The Bertz CT molecular complexity index is 663. The minimum Gasteiger partial charge on any atom is -0.496 e. The highest BCUT2D eigenvalue weighted by atomic mass is 79.9. The smallest absolute Gasteiger partial charge is 0.222 e. The van der Waals surface area contributed by atoms with Gasteiger partial charge in [0, 0.05) is 25.4 Å². The van der Waals surface area contributed by atoms with Crippen molar-refractivity contribution in [3.05, 3.63) is 28.2 Å². The van der Waals surface area contributed by atoms with Crippen molar-refractivity contribution in [2.75, 3.05) is 26.0 Å². The average molecular weight is 391 g/mol. The summed E-state index contributed by atoms with van der Waals surface area (Å²) in [6, 6.07) is 5.78. The standard InChI is InChI=1S/C14H19BrN2O4S/c1-21-13-3-2-10(6-12(13)15)4-5-17-8-11(7-14(17)18)9-22(16,19)20/h2-3,6,11H,4-5,7-9H2,1H3,(H2,16,19,20). The van der Waals surface area contributed by atoms with Crippen LogP contribution in [0.5, 0.6) is 5.75 Å². The first kappa shape index (κ1) is 17.2. The molecule has 122 valence electrons. The van der Waals surface area contributed by atoms with E-state index in [4.69, 9.17) is 9.88 Å². The molecule has 2 N–H and O–H groups in total. The van der Waals surface area contributed by atoms with Crippen LogP contribution in [-0.2, 0) is 21.2 Å². The lowest BCUT2D eigenvalue weighted by Crippen LogP contribution is -2.29. The first-order valence-corrected chi connectivity index (χ1v) is 9.40. The van der Waals surface area contributed by atoms with Gasteiger partial charge in [0.05, 0.1) is 17.3 Å². The van der Waals surface area contributed by atoms with E-state index in [0.29, 0.717) is 19.5 Å². The summed E-state index contributed by atoms with van der Waals surface area (Å²) in [6.45, 7) is 1.02. The number of nitrogens with two attached hydrogens (primary N) is 1.